The fraction of sp³-hybridized carbons (Fsp3) is 0.778. The molecule has 2 rings (SSSR count). The van der Waals surface area contributed by atoms with Gasteiger partial charge in [-0.2, -0.15) is 0 Å². The standard InChI is InChI=1S/C9H15N3O2/c1-5(13)6-3-4-11-8-7(10-2)9(14)12(6)8/h6-8,10-11H,3-4H2,1-2H3. The van der Waals surface area contributed by atoms with Gasteiger partial charge in [0.15, 0.2) is 5.78 Å². The summed E-state index contributed by atoms with van der Waals surface area (Å²) in [6, 6.07) is -0.365. The predicted molar refractivity (Wildman–Crippen MR) is 50.6 cm³/mol. The number of β-lactam (4-membered cyclic amide) rings is 1. The molecule has 14 heavy (non-hydrogen) atoms. The average Bonchev–Trinajstić information content (AvgIpc) is 2.16. The molecule has 0 spiro atoms. The first-order valence-electron chi connectivity index (χ1n) is 4.90. The fourth-order valence-electron chi connectivity index (χ4n) is 2.26. The first kappa shape index (κ1) is 9.61. The third kappa shape index (κ3) is 1.16. The van der Waals surface area contributed by atoms with Crippen molar-refractivity contribution in [2.24, 2.45) is 0 Å². The molecule has 2 N–H and O–H groups in total. The maximum Gasteiger partial charge on any atom is 0.245 e. The quantitative estimate of drug-likeness (QED) is 0.540. The van der Waals surface area contributed by atoms with Gasteiger partial charge in [-0.1, -0.05) is 0 Å². The van der Waals surface area contributed by atoms with E-state index in [2.05, 4.69) is 10.6 Å². The fourth-order valence-corrected chi connectivity index (χ4v) is 2.26. The number of hydrogen-bond acceptors (Lipinski definition) is 4. The highest BCUT2D eigenvalue weighted by atomic mass is 16.2. The molecule has 2 saturated heterocycles. The van der Waals surface area contributed by atoms with Crippen LogP contribution in [0.1, 0.15) is 13.3 Å². The van der Waals surface area contributed by atoms with Gasteiger partial charge in [0.2, 0.25) is 5.91 Å². The smallest absolute Gasteiger partial charge is 0.245 e. The second kappa shape index (κ2) is 3.33. The number of carbonyl (C=O) groups excluding carboxylic acids is 2. The molecule has 0 aromatic carbocycles. The lowest BCUT2D eigenvalue weighted by Gasteiger charge is -2.53. The van der Waals surface area contributed by atoms with Crippen LogP contribution in [0.5, 0.6) is 0 Å². The zero-order chi connectivity index (χ0) is 10.3. The van der Waals surface area contributed by atoms with E-state index in [-0.39, 0.29) is 29.9 Å². The van der Waals surface area contributed by atoms with E-state index in [1.165, 1.54) is 0 Å². The van der Waals surface area contributed by atoms with Crippen LogP contribution in [0.3, 0.4) is 0 Å². The molecule has 2 aliphatic heterocycles. The molecule has 0 aromatic heterocycles. The first-order chi connectivity index (χ1) is 6.66. The van der Waals surface area contributed by atoms with Gasteiger partial charge in [-0.3, -0.25) is 14.9 Å². The lowest BCUT2D eigenvalue weighted by Crippen LogP contribution is -2.79. The van der Waals surface area contributed by atoms with Crippen LogP contribution in [-0.2, 0) is 9.59 Å². The molecule has 2 fully saturated rings. The Kier molecular flexibility index (Phi) is 2.28. The normalized spacial score (nSPS) is 36.3. The van der Waals surface area contributed by atoms with Gasteiger partial charge < -0.3 is 10.2 Å². The molecule has 0 bridgehead atoms. The monoisotopic (exact) mass is 197 g/mol. The van der Waals surface area contributed by atoms with Crippen LogP contribution in [0.15, 0.2) is 0 Å². The van der Waals surface area contributed by atoms with E-state index in [1.54, 1.807) is 18.9 Å². The van der Waals surface area contributed by atoms with E-state index in [1.807, 2.05) is 0 Å². The molecule has 3 unspecified atom stereocenters. The Bertz CT molecular complexity index is 279. The highest BCUT2D eigenvalue weighted by Crippen LogP contribution is 2.26. The second-order valence-corrected chi connectivity index (χ2v) is 3.83. The average molecular weight is 197 g/mol. The van der Waals surface area contributed by atoms with Gasteiger partial charge in [-0.05, 0) is 26.9 Å². The third-order valence-corrected chi connectivity index (χ3v) is 3.02. The summed E-state index contributed by atoms with van der Waals surface area (Å²) in [5.74, 6) is 0.115. The zero-order valence-corrected chi connectivity index (χ0v) is 8.41. The highest BCUT2D eigenvalue weighted by molar-refractivity contribution is 5.95. The molecule has 5 nitrogen and oxygen atoms in total. The van der Waals surface area contributed by atoms with Crippen LogP contribution in [0.25, 0.3) is 0 Å². The number of carbonyl (C=O) groups is 2. The molecule has 1 amide bonds. The molecular formula is C9H15N3O2. The maximum atomic E-state index is 11.6. The Balaban J connectivity index is 2.13. The first-order valence-corrected chi connectivity index (χ1v) is 4.90. The van der Waals surface area contributed by atoms with Crippen molar-refractivity contribution in [3.8, 4) is 0 Å². The van der Waals surface area contributed by atoms with E-state index in [0.29, 0.717) is 0 Å². The van der Waals surface area contributed by atoms with Crippen molar-refractivity contribution in [2.45, 2.75) is 31.6 Å². The molecule has 2 aliphatic rings. The molecule has 3 atom stereocenters. The second-order valence-electron chi connectivity index (χ2n) is 3.83. The predicted octanol–water partition coefficient (Wildman–Crippen LogP) is -1.31. The number of nitrogens with one attached hydrogen (secondary N) is 2. The number of rotatable bonds is 2. The summed E-state index contributed by atoms with van der Waals surface area (Å²) >= 11 is 0. The summed E-state index contributed by atoms with van der Waals surface area (Å²) < 4.78 is 0. The number of ketones is 1. The van der Waals surface area contributed by atoms with Crippen molar-refractivity contribution in [3.63, 3.8) is 0 Å². The van der Waals surface area contributed by atoms with Gasteiger partial charge >= 0.3 is 0 Å². The Hall–Kier alpha value is -0.940. The Labute approximate surface area is 82.8 Å². The Morgan fingerprint density at radius 3 is 2.93 bits per heavy atom. The molecule has 78 valence electrons. The summed E-state index contributed by atoms with van der Waals surface area (Å²) in [6.07, 6.45) is 0.740. The number of likely N-dealkylation sites (N-methyl/N-ethyl adjacent to an activating group) is 1. The summed E-state index contributed by atoms with van der Waals surface area (Å²) in [5.41, 5.74) is 0. The lowest BCUT2D eigenvalue weighted by atomic mass is 9.92. The maximum absolute atomic E-state index is 11.6. The van der Waals surface area contributed by atoms with Crippen LogP contribution >= 0.6 is 0 Å². The highest BCUT2D eigenvalue weighted by Gasteiger charge is 2.52. The van der Waals surface area contributed by atoms with E-state index >= 15 is 0 Å². The van der Waals surface area contributed by atoms with Crippen LogP contribution in [-0.4, -0.2) is 48.4 Å². The molecule has 0 aromatic rings. The summed E-state index contributed by atoms with van der Waals surface area (Å²) in [4.78, 5) is 24.6. The lowest BCUT2D eigenvalue weighted by molar-refractivity contribution is -0.164. The molecular weight excluding hydrogens is 182 g/mol. The van der Waals surface area contributed by atoms with Gasteiger partial charge in [0, 0.05) is 0 Å². The van der Waals surface area contributed by atoms with Crippen molar-refractivity contribution in [3.05, 3.63) is 0 Å². The van der Waals surface area contributed by atoms with Gasteiger partial charge in [-0.25, -0.2) is 0 Å². The zero-order valence-electron chi connectivity index (χ0n) is 8.41. The molecule has 0 saturated carbocycles. The van der Waals surface area contributed by atoms with E-state index in [0.717, 1.165) is 13.0 Å². The number of Topliss-reactive ketones (excluding diaryl/α,β-unsaturated/α-hetero) is 1. The molecule has 5 heteroatoms. The van der Waals surface area contributed by atoms with Gasteiger partial charge in [0.25, 0.3) is 0 Å². The minimum atomic E-state index is -0.210. The topological polar surface area (TPSA) is 61.4 Å². The Morgan fingerprint density at radius 1 is 1.64 bits per heavy atom. The third-order valence-electron chi connectivity index (χ3n) is 3.02. The van der Waals surface area contributed by atoms with Crippen molar-refractivity contribution in [2.75, 3.05) is 13.6 Å². The van der Waals surface area contributed by atoms with E-state index < -0.39 is 0 Å². The molecule has 0 aliphatic carbocycles. The minimum absolute atomic E-state index is 0.00940. The van der Waals surface area contributed by atoms with Gasteiger partial charge in [0.1, 0.15) is 12.2 Å². The van der Waals surface area contributed by atoms with Crippen LogP contribution < -0.4 is 10.6 Å². The van der Waals surface area contributed by atoms with Crippen molar-refractivity contribution in [1.29, 1.82) is 0 Å². The summed E-state index contributed by atoms with van der Waals surface area (Å²) in [5, 5.41) is 6.17. The van der Waals surface area contributed by atoms with Crippen molar-refractivity contribution >= 4 is 11.7 Å². The number of nitrogens with zero attached hydrogens (tertiary/aromatic N) is 1. The van der Waals surface area contributed by atoms with Crippen molar-refractivity contribution in [1.82, 2.24) is 15.5 Å². The van der Waals surface area contributed by atoms with Crippen molar-refractivity contribution < 1.29 is 9.59 Å². The van der Waals surface area contributed by atoms with Gasteiger partial charge in [-0.15, -0.1) is 0 Å². The SMILES string of the molecule is CNC1C(=O)N2C(C(C)=O)CCNC12. The van der Waals surface area contributed by atoms with Gasteiger partial charge in [0.05, 0.1) is 6.04 Å². The number of amides is 1. The summed E-state index contributed by atoms with van der Waals surface area (Å²) in [6.45, 7) is 2.35. The number of fused-ring (bicyclic) bond motifs is 1. The largest absolute Gasteiger partial charge is 0.313 e. The van der Waals surface area contributed by atoms with Crippen LogP contribution in [0.2, 0.25) is 0 Å². The van der Waals surface area contributed by atoms with E-state index in [4.69, 9.17) is 0 Å². The van der Waals surface area contributed by atoms with Crippen LogP contribution in [0, 0.1) is 0 Å². The molecule has 0 radical (unpaired) electrons. The van der Waals surface area contributed by atoms with E-state index in [9.17, 15) is 9.59 Å². The van der Waals surface area contributed by atoms with Crippen LogP contribution in [0.4, 0.5) is 0 Å². The summed E-state index contributed by atoms with van der Waals surface area (Å²) in [7, 11) is 1.76. The number of hydrogen-bond donors (Lipinski definition) is 2. The Morgan fingerprint density at radius 2 is 2.36 bits per heavy atom. The minimum Gasteiger partial charge on any atom is -0.313 e. The molecule has 2 heterocycles.